The normalized spacial score (nSPS) is 26.9. The van der Waals surface area contributed by atoms with Gasteiger partial charge in [0.1, 0.15) is 5.84 Å². The highest BCUT2D eigenvalue weighted by atomic mass is 32.2. The summed E-state index contributed by atoms with van der Waals surface area (Å²) in [5, 5.41) is 3.04. The number of rotatable bonds is 3. The van der Waals surface area contributed by atoms with Gasteiger partial charge in [0, 0.05) is 24.7 Å². The van der Waals surface area contributed by atoms with Gasteiger partial charge >= 0.3 is 0 Å². The van der Waals surface area contributed by atoms with Crippen LogP contribution in [0.25, 0.3) is 0 Å². The first-order chi connectivity index (χ1) is 11.5. The molecule has 1 fully saturated rings. The second-order valence-electron chi connectivity index (χ2n) is 6.18. The van der Waals surface area contributed by atoms with Crippen molar-refractivity contribution >= 4 is 21.8 Å². The molecule has 1 N–H and O–H groups in total. The predicted molar refractivity (Wildman–Crippen MR) is 90.9 cm³/mol. The maximum absolute atomic E-state index is 12.4. The highest BCUT2D eigenvalue weighted by Crippen LogP contribution is 2.40. The van der Waals surface area contributed by atoms with Gasteiger partial charge in [-0.05, 0) is 24.1 Å². The van der Waals surface area contributed by atoms with Gasteiger partial charge in [-0.15, -0.1) is 4.40 Å². The molecule has 24 heavy (non-hydrogen) atoms. The van der Waals surface area contributed by atoms with Crippen LogP contribution in [-0.4, -0.2) is 43.4 Å². The zero-order chi connectivity index (χ0) is 16.7. The largest absolute Gasteiger partial charge is 0.349 e. The van der Waals surface area contributed by atoms with Gasteiger partial charge in [0.05, 0.1) is 11.3 Å². The maximum atomic E-state index is 12.4. The number of hydrogen-bond donors (Lipinski definition) is 1. The summed E-state index contributed by atoms with van der Waals surface area (Å²) in [5.41, 5.74) is 1.76. The third-order valence-electron chi connectivity index (χ3n) is 4.42. The van der Waals surface area contributed by atoms with Crippen molar-refractivity contribution in [2.75, 3.05) is 12.3 Å². The molecule has 2 atom stereocenters. The number of carbonyl (C=O) groups is 1. The van der Waals surface area contributed by atoms with E-state index < -0.39 is 10.0 Å². The van der Waals surface area contributed by atoms with Gasteiger partial charge in [-0.1, -0.05) is 30.3 Å². The smallest absolute Gasteiger partial charge is 0.256 e. The van der Waals surface area contributed by atoms with Crippen molar-refractivity contribution in [3.63, 3.8) is 0 Å². The minimum absolute atomic E-state index is 0.0333. The maximum Gasteiger partial charge on any atom is 0.256 e. The Morgan fingerprint density at radius 1 is 1.21 bits per heavy atom. The average molecular weight is 343 g/mol. The van der Waals surface area contributed by atoms with Gasteiger partial charge in [-0.25, -0.2) is 8.42 Å². The van der Waals surface area contributed by atoms with Gasteiger partial charge in [-0.3, -0.25) is 4.79 Å². The number of nitrogens with one attached hydrogen (secondary N) is 1. The topological polar surface area (TPSA) is 78.8 Å². The molecule has 0 spiro atoms. The molecule has 1 aromatic carbocycles. The molecule has 124 valence electrons. The Kier molecular flexibility index (Phi) is 3.53. The second-order valence-corrected chi connectivity index (χ2v) is 7.93. The third-order valence-corrected chi connectivity index (χ3v) is 5.58. The summed E-state index contributed by atoms with van der Waals surface area (Å²) in [7, 11) is -3.37. The minimum atomic E-state index is -3.37. The molecule has 0 saturated heterocycles. The Bertz CT molecular complexity index is 872. The van der Waals surface area contributed by atoms with E-state index in [9.17, 15) is 13.2 Å². The number of amidine groups is 1. The molecule has 2 heterocycles. The molecular formula is C17H17N3O3S. The number of sulfonamides is 1. The minimum Gasteiger partial charge on any atom is -0.349 e. The highest BCUT2D eigenvalue weighted by Gasteiger charge is 2.39. The fourth-order valence-electron chi connectivity index (χ4n) is 3.01. The second kappa shape index (κ2) is 5.59. The summed E-state index contributed by atoms with van der Waals surface area (Å²) >= 11 is 0. The van der Waals surface area contributed by atoms with Crippen LogP contribution in [0.4, 0.5) is 0 Å². The lowest BCUT2D eigenvalue weighted by molar-refractivity contribution is -0.117. The van der Waals surface area contributed by atoms with Crippen molar-refractivity contribution < 1.29 is 13.2 Å². The first-order valence-corrected chi connectivity index (χ1v) is 9.48. The van der Waals surface area contributed by atoms with Gasteiger partial charge in [-0.2, -0.15) is 0 Å². The lowest BCUT2D eigenvalue weighted by Gasteiger charge is -2.27. The molecule has 4 rings (SSSR count). The summed E-state index contributed by atoms with van der Waals surface area (Å²) in [5.74, 6) is 0.572. The number of amides is 1. The number of hydrogen-bond acceptors (Lipinski definition) is 4. The van der Waals surface area contributed by atoms with Crippen LogP contribution in [0.1, 0.15) is 17.9 Å². The zero-order valence-electron chi connectivity index (χ0n) is 12.9. The van der Waals surface area contributed by atoms with Crippen molar-refractivity contribution in [2.24, 2.45) is 4.40 Å². The van der Waals surface area contributed by atoms with Crippen LogP contribution in [0, 0.1) is 0 Å². The molecule has 1 aromatic rings. The van der Waals surface area contributed by atoms with Crippen molar-refractivity contribution in [3.8, 4) is 0 Å². The van der Waals surface area contributed by atoms with Crippen molar-refractivity contribution in [3.05, 3.63) is 59.8 Å². The fourth-order valence-corrected chi connectivity index (χ4v) is 3.98. The molecule has 1 amide bonds. The van der Waals surface area contributed by atoms with Gasteiger partial charge in [0.25, 0.3) is 15.9 Å². The van der Waals surface area contributed by atoms with E-state index in [1.807, 2.05) is 18.2 Å². The monoisotopic (exact) mass is 343 g/mol. The van der Waals surface area contributed by atoms with Gasteiger partial charge in [0.15, 0.2) is 0 Å². The van der Waals surface area contributed by atoms with E-state index in [2.05, 4.69) is 21.8 Å². The highest BCUT2D eigenvalue weighted by molar-refractivity contribution is 7.90. The number of carbonyl (C=O) groups excluding carboxylic acids is 1. The Morgan fingerprint density at radius 2 is 2.00 bits per heavy atom. The predicted octanol–water partition coefficient (Wildman–Crippen LogP) is 1.16. The summed E-state index contributed by atoms with van der Waals surface area (Å²) in [6.07, 6.45) is 5.81. The Balaban J connectivity index is 1.42. The number of nitrogens with zero attached hydrogens (tertiary/aromatic N) is 2. The average Bonchev–Trinajstić information content (AvgIpc) is 3.33. The Morgan fingerprint density at radius 3 is 2.79 bits per heavy atom. The van der Waals surface area contributed by atoms with E-state index >= 15 is 0 Å². The number of fused-ring (bicyclic) bond motifs is 1. The van der Waals surface area contributed by atoms with E-state index in [0.29, 0.717) is 23.9 Å². The zero-order valence-corrected chi connectivity index (χ0v) is 13.7. The lowest BCUT2D eigenvalue weighted by Crippen LogP contribution is -2.38. The molecule has 0 radical (unpaired) electrons. The molecule has 0 bridgehead atoms. The quantitative estimate of drug-likeness (QED) is 0.893. The molecular weight excluding hydrogens is 326 g/mol. The van der Waals surface area contributed by atoms with Crippen LogP contribution in [0.15, 0.2) is 58.7 Å². The van der Waals surface area contributed by atoms with Crippen molar-refractivity contribution in [1.29, 1.82) is 0 Å². The summed E-state index contributed by atoms with van der Waals surface area (Å²) in [6.45, 7) is 0.318. The van der Waals surface area contributed by atoms with E-state index in [1.54, 1.807) is 23.3 Å². The molecule has 0 aromatic heterocycles. The standard InChI is InChI=1S/C17H17N3O3S/c21-17(18-15-10-14(15)12-4-2-1-3-5-12)13-6-7-16-19-24(22,23)9-8-20(16)11-13/h1-7,11,14-15H,8-10H2,(H,18,21). The molecule has 1 saturated carbocycles. The first-order valence-electron chi connectivity index (χ1n) is 7.87. The summed E-state index contributed by atoms with van der Waals surface area (Å²) in [6, 6.07) is 10.3. The molecule has 6 nitrogen and oxygen atoms in total. The molecule has 2 unspecified atom stereocenters. The van der Waals surface area contributed by atoms with Crippen LogP contribution < -0.4 is 5.32 Å². The van der Waals surface area contributed by atoms with E-state index in [0.717, 1.165) is 6.42 Å². The van der Waals surface area contributed by atoms with E-state index in [4.69, 9.17) is 0 Å². The van der Waals surface area contributed by atoms with Gasteiger partial charge in [0.2, 0.25) is 0 Å². The molecule has 3 aliphatic rings. The number of benzene rings is 1. The lowest BCUT2D eigenvalue weighted by atomic mass is 10.1. The summed E-state index contributed by atoms with van der Waals surface area (Å²) in [4.78, 5) is 14.1. The van der Waals surface area contributed by atoms with Crippen molar-refractivity contribution in [2.45, 2.75) is 18.4 Å². The van der Waals surface area contributed by atoms with Crippen molar-refractivity contribution in [1.82, 2.24) is 10.2 Å². The van der Waals surface area contributed by atoms with Crippen LogP contribution in [0.2, 0.25) is 0 Å². The van der Waals surface area contributed by atoms with Crippen LogP contribution in [-0.2, 0) is 14.8 Å². The third kappa shape index (κ3) is 2.99. The van der Waals surface area contributed by atoms with Crippen LogP contribution >= 0.6 is 0 Å². The molecule has 2 aliphatic heterocycles. The summed E-state index contributed by atoms with van der Waals surface area (Å²) < 4.78 is 26.7. The molecule has 1 aliphatic carbocycles. The first kappa shape index (κ1) is 15.1. The van der Waals surface area contributed by atoms with E-state index in [-0.39, 0.29) is 17.7 Å². The molecule has 7 heteroatoms. The SMILES string of the molecule is O=C(NC1CC1c1ccccc1)C1=CN2CCS(=O)(=O)N=C2C=C1. The van der Waals surface area contributed by atoms with Crippen LogP contribution in [0.5, 0.6) is 0 Å². The fraction of sp³-hybridized carbons (Fsp3) is 0.294. The van der Waals surface area contributed by atoms with E-state index in [1.165, 1.54) is 5.56 Å². The van der Waals surface area contributed by atoms with Crippen LogP contribution in [0.3, 0.4) is 0 Å². The van der Waals surface area contributed by atoms with Gasteiger partial charge < -0.3 is 10.2 Å². The Labute approximate surface area is 140 Å². The Hall–Kier alpha value is -2.41.